The first-order chi connectivity index (χ1) is 4.49. The van der Waals surface area contributed by atoms with E-state index in [1.807, 2.05) is 0 Å². The minimum atomic E-state index is -1.95. The Morgan fingerprint density at radius 1 is 1.50 bits per heavy atom. The lowest BCUT2D eigenvalue weighted by Crippen LogP contribution is -2.09. The van der Waals surface area contributed by atoms with E-state index in [1.165, 1.54) is 5.37 Å². The molecule has 1 aliphatic rings. The second kappa shape index (κ2) is 2.38. The van der Waals surface area contributed by atoms with Gasteiger partial charge in [-0.15, -0.1) is 0 Å². The molecule has 0 bridgehead atoms. The van der Waals surface area contributed by atoms with Gasteiger partial charge < -0.3 is 0 Å². The molecule has 0 unspecified atom stereocenters. The summed E-state index contributed by atoms with van der Waals surface area (Å²) in [5.41, 5.74) is 0. The van der Waals surface area contributed by atoms with Crippen LogP contribution in [-0.4, -0.2) is 27.9 Å². The zero-order valence-electron chi connectivity index (χ0n) is 6.29. The molecule has 3 heteroatoms. The average molecular weight is 160 g/mol. The lowest BCUT2D eigenvalue weighted by atomic mass is 10.3. The summed E-state index contributed by atoms with van der Waals surface area (Å²) in [5, 5.41) is 1.38. The van der Waals surface area contributed by atoms with Crippen molar-refractivity contribution in [3.8, 4) is 0 Å². The third-order valence-electron chi connectivity index (χ3n) is 1.38. The molecule has 1 saturated carbocycles. The third kappa shape index (κ3) is 2.52. The first kappa shape index (κ1) is 7.79. The van der Waals surface area contributed by atoms with Crippen molar-refractivity contribution in [3.05, 3.63) is 0 Å². The standard InChI is InChI=1S/C7H12O2S/c1-10(2,9)5-7(8)6-3-4-6/h5-6H,3-4H2,1-2H3. The SMILES string of the molecule is CS(C)(=O)=CC(=O)C1CC1. The molecule has 0 N–H and O–H groups in total. The third-order valence-corrected chi connectivity index (χ3v) is 2.18. The van der Waals surface area contributed by atoms with Gasteiger partial charge in [0.15, 0.2) is 5.78 Å². The Balaban J connectivity index is 2.68. The molecule has 0 aromatic heterocycles. The van der Waals surface area contributed by atoms with Crippen molar-refractivity contribution >= 4 is 20.7 Å². The molecule has 10 heavy (non-hydrogen) atoms. The van der Waals surface area contributed by atoms with Crippen molar-refractivity contribution in [2.75, 3.05) is 12.5 Å². The van der Waals surface area contributed by atoms with Crippen LogP contribution in [0.2, 0.25) is 0 Å². The van der Waals surface area contributed by atoms with E-state index < -0.39 is 9.52 Å². The van der Waals surface area contributed by atoms with E-state index >= 15 is 0 Å². The fourth-order valence-electron chi connectivity index (χ4n) is 0.744. The predicted octanol–water partition coefficient (Wildman–Crippen LogP) is 0.312. The molecule has 0 atom stereocenters. The lowest BCUT2D eigenvalue weighted by molar-refractivity contribution is -0.113. The van der Waals surface area contributed by atoms with Crippen LogP contribution in [0.1, 0.15) is 12.8 Å². The van der Waals surface area contributed by atoms with Crippen molar-refractivity contribution in [2.45, 2.75) is 12.8 Å². The molecule has 1 aliphatic carbocycles. The molecule has 0 saturated heterocycles. The van der Waals surface area contributed by atoms with Crippen molar-refractivity contribution in [1.29, 1.82) is 0 Å². The molecule has 0 spiro atoms. The molecule has 58 valence electrons. The van der Waals surface area contributed by atoms with Gasteiger partial charge in [0.25, 0.3) is 0 Å². The largest absolute Gasteiger partial charge is 0.294 e. The van der Waals surface area contributed by atoms with E-state index in [9.17, 15) is 9.00 Å². The van der Waals surface area contributed by atoms with Gasteiger partial charge in [-0.2, -0.15) is 0 Å². The molecule has 0 radical (unpaired) electrons. The zero-order chi connectivity index (χ0) is 7.78. The summed E-state index contributed by atoms with van der Waals surface area (Å²) < 4.78 is 11.1. The van der Waals surface area contributed by atoms with Crippen molar-refractivity contribution < 1.29 is 9.00 Å². The summed E-state index contributed by atoms with van der Waals surface area (Å²) >= 11 is 0. The number of Topliss-reactive ketones (excluding diaryl/α,β-unsaturated/α-hetero) is 1. The summed E-state index contributed by atoms with van der Waals surface area (Å²) in [4.78, 5) is 11.0. The summed E-state index contributed by atoms with van der Waals surface area (Å²) in [7, 11) is -1.95. The van der Waals surface area contributed by atoms with Crippen molar-refractivity contribution in [3.63, 3.8) is 0 Å². The maximum absolute atomic E-state index is 11.1. The molecule has 0 aromatic rings. The number of hydrogen-bond acceptors (Lipinski definition) is 2. The Morgan fingerprint density at radius 3 is 2.30 bits per heavy atom. The van der Waals surface area contributed by atoms with E-state index in [2.05, 4.69) is 0 Å². The van der Waals surface area contributed by atoms with E-state index in [0.29, 0.717) is 0 Å². The van der Waals surface area contributed by atoms with Crippen LogP contribution in [0.3, 0.4) is 0 Å². The van der Waals surface area contributed by atoms with Gasteiger partial charge in [0.2, 0.25) is 0 Å². The van der Waals surface area contributed by atoms with Gasteiger partial charge in [0.1, 0.15) is 0 Å². The number of carbonyl (C=O) groups is 1. The Hall–Kier alpha value is -0.310. The minimum absolute atomic E-state index is 0.0787. The normalized spacial score (nSPS) is 18.6. The van der Waals surface area contributed by atoms with Crippen LogP contribution in [0, 0.1) is 5.92 Å². The fourth-order valence-corrected chi connectivity index (χ4v) is 1.50. The van der Waals surface area contributed by atoms with E-state index in [0.717, 1.165) is 12.8 Å². The van der Waals surface area contributed by atoms with Gasteiger partial charge in [-0.25, -0.2) is 0 Å². The highest BCUT2D eigenvalue weighted by Crippen LogP contribution is 2.29. The molecule has 0 heterocycles. The Labute approximate surface area is 61.6 Å². The number of carbonyl (C=O) groups excluding carboxylic acids is 1. The predicted molar refractivity (Wildman–Crippen MR) is 43.8 cm³/mol. The first-order valence-corrected chi connectivity index (χ1v) is 5.75. The van der Waals surface area contributed by atoms with Crippen LogP contribution >= 0.6 is 0 Å². The first-order valence-electron chi connectivity index (χ1n) is 3.32. The van der Waals surface area contributed by atoms with E-state index in [1.54, 1.807) is 12.5 Å². The van der Waals surface area contributed by atoms with Crippen LogP contribution in [0.5, 0.6) is 0 Å². The van der Waals surface area contributed by atoms with E-state index in [4.69, 9.17) is 0 Å². The summed E-state index contributed by atoms with van der Waals surface area (Å²) in [5.74, 6) is 0.288. The second-order valence-electron chi connectivity index (χ2n) is 3.10. The molecule has 2 nitrogen and oxygen atoms in total. The molecular weight excluding hydrogens is 148 g/mol. The maximum Gasteiger partial charge on any atom is 0.166 e. The average Bonchev–Trinajstić information content (AvgIpc) is 2.35. The maximum atomic E-state index is 11.1. The van der Waals surface area contributed by atoms with Crippen LogP contribution in [0.4, 0.5) is 0 Å². The van der Waals surface area contributed by atoms with Crippen molar-refractivity contribution in [1.82, 2.24) is 0 Å². The highest BCUT2D eigenvalue weighted by atomic mass is 32.2. The van der Waals surface area contributed by atoms with Gasteiger partial charge in [-0.1, -0.05) is 0 Å². The molecule has 1 fully saturated rings. The number of ketones is 1. The Bertz CT molecular complexity index is 247. The van der Waals surface area contributed by atoms with Gasteiger partial charge in [0, 0.05) is 23.8 Å². The van der Waals surface area contributed by atoms with Gasteiger partial charge >= 0.3 is 0 Å². The lowest BCUT2D eigenvalue weighted by Gasteiger charge is -1.91. The van der Waals surface area contributed by atoms with Crippen LogP contribution < -0.4 is 0 Å². The number of hydrogen-bond donors (Lipinski definition) is 0. The topological polar surface area (TPSA) is 34.1 Å². The summed E-state index contributed by atoms with van der Waals surface area (Å²) in [6.45, 7) is 0. The zero-order valence-corrected chi connectivity index (χ0v) is 7.11. The fraction of sp³-hybridized carbons (Fsp3) is 0.714. The highest BCUT2D eigenvalue weighted by Gasteiger charge is 2.28. The molecular formula is C7H12O2S. The minimum Gasteiger partial charge on any atom is -0.294 e. The molecule has 1 rings (SSSR count). The van der Waals surface area contributed by atoms with Crippen LogP contribution in [0.25, 0.3) is 0 Å². The quantitative estimate of drug-likeness (QED) is 0.545. The Morgan fingerprint density at radius 2 is 2.00 bits per heavy atom. The smallest absolute Gasteiger partial charge is 0.166 e. The molecule has 0 aliphatic heterocycles. The highest BCUT2D eigenvalue weighted by molar-refractivity contribution is 8.01. The van der Waals surface area contributed by atoms with Crippen molar-refractivity contribution in [2.24, 2.45) is 5.92 Å². The molecule has 0 amide bonds. The van der Waals surface area contributed by atoms with Gasteiger partial charge in [-0.05, 0) is 22.4 Å². The Kier molecular flexibility index (Phi) is 1.86. The van der Waals surface area contributed by atoms with E-state index in [-0.39, 0.29) is 11.7 Å². The molecule has 0 aromatic carbocycles. The van der Waals surface area contributed by atoms with Crippen LogP contribution in [-0.2, 0) is 14.3 Å². The summed E-state index contributed by atoms with van der Waals surface area (Å²) in [6.07, 6.45) is 5.16. The monoisotopic (exact) mass is 160 g/mol. The van der Waals surface area contributed by atoms with Crippen LogP contribution in [0.15, 0.2) is 0 Å². The number of rotatable bonds is 2. The summed E-state index contributed by atoms with van der Waals surface area (Å²) in [6, 6.07) is 0. The second-order valence-corrected chi connectivity index (χ2v) is 5.96. The van der Waals surface area contributed by atoms with Gasteiger partial charge in [-0.3, -0.25) is 9.00 Å². The van der Waals surface area contributed by atoms with Gasteiger partial charge in [0.05, 0.1) is 0 Å².